The Morgan fingerprint density at radius 3 is 2.02 bits per heavy atom. The second-order valence-corrected chi connectivity index (χ2v) is 13.1. The van der Waals surface area contributed by atoms with E-state index in [4.69, 9.17) is 37.7 Å². The first kappa shape index (κ1) is 33.5. The summed E-state index contributed by atoms with van der Waals surface area (Å²) >= 11 is 13.0. The van der Waals surface area contributed by atoms with E-state index in [1.54, 1.807) is 72.8 Å². The molecule has 248 valence electrons. The van der Waals surface area contributed by atoms with Gasteiger partial charge in [0.15, 0.2) is 16.9 Å². The number of sulfonamides is 1. The molecule has 6 rings (SSSR count). The van der Waals surface area contributed by atoms with Gasteiger partial charge in [0, 0.05) is 26.7 Å². The topological polar surface area (TPSA) is 132 Å². The van der Waals surface area contributed by atoms with E-state index >= 15 is 0 Å². The van der Waals surface area contributed by atoms with Gasteiger partial charge in [-0.1, -0.05) is 77.8 Å². The van der Waals surface area contributed by atoms with Crippen molar-refractivity contribution in [3.63, 3.8) is 0 Å². The number of halogens is 2. The molecular formula is C35H25Cl2N3O8S. The van der Waals surface area contributed by atoms with Crippen LogP contribution in [0.2, 0.25) is 10.0 Å². The number of hydroxylamine groups is 3. The summed E-state index contributed by atoms with van der Waals surface area (Å²) in [5, 5.41) is 0.776. The van der Waals surface area contributed by atoms with Gasteiger partial charge in [-0.25, -0.2) is 17.6 Å². The molecule has 5 aromatic rings. The van der Waals surface area contributed by atoms with Gasteiger partial charge in [0.25, 0.3) is 21.8 Å². The van der Waals surface area contributed by atoms with Gasteiger partial charge in [0.05, 0.1) is 17.7 Å². The van der Waals surface area contributed by atoms with E-state index in [0.29, 0.717) is 15.3 Å². The first-order chi connectivity index (χ1) is 23.6. The monoisotopic (exact) mass is 717 g/mol. The second kappa shape index (κ2) is 13.6. The lowest BCUT2D eigenvalue weighted by atomic mass is 9.74. The van der Waals surface area contributed by atoms with Crippen molar-refractivity contribution in [2.24, 2.45) is 0 Å². The smallest absolute Gasteiger partial charge is 0.315 e. The highest BCUT2D eigenvalue weighted by Gasteiger charge is 2.62. The number of carbonyl (C=O) groups excluding carboxylic acids is 3. The number of nitrogens with one attached hydrogen (secondary N) is 1. The number of anilines is 1. The van der Waals surface area contributed by atoms with Crippen LogP contribution < -0.4 is 19.5 Å². The Labute approximate surface area is 291 Å². The van der Waals surface area contributed by atoms with Gasteiger partial charge in [-0.15, -0.1) is 0 Å². The first-order valence-corrected chi connectivity index (χ1v) is 16.7. The van der Waals surface area contributed by atoms with Gasteiger partial charge < -0.3 is 9.68 Å². The molecule has 1 aliphatic heterocycles. The van der Waals surface area contributed by atoms with Crippen molar-refractivity contribution in [1.29, 1.82) is 0 Å². The van der Waals surface area contributed by atoms with Crippen LogP contribution in [0.25, 0.3) is 0 Å². The van der Waals surface area contributed by atoms with E-state index < -0.39 is 33.2 Å². The van der Waals surface area contributed by atoms with Crippen molar-refractivity contribution < 1.29 is 37.3 Å². The summed E-state index contributed by atoms with van der Waals surface area (Å²) < 4.78 is 29.2. The lowest BCUT2D eigenvalue weighted by Crippen LogP contribution is -2.54. The summed E-state index contributed by atoms with van der Waals surface area (Å²) in [7, 11) is -3.50. The zero-order chi connectivity index (χ0) is 34.8. The van der Waals surface area contributed by atoms with Gasteiger partial charge in [0.2, 0.25) is 0 Å². The molecule has 0 spiro atoms. The highest BCUT2D eigenvalue weighted by molar-refractivity contribution is 7.93. The second-order valence-electron chi connectivity index (χ2n) is 10.5. The van der Waals surface area contributed by atoms with Crippen molar-refractivity contribution in [3.8, 4) is 11.5 Å². The van der Waals surface area contributed by atoms with Crippen LogP contribution in [0.15, 0.2) is 132 Å². The normalized spacial score (nSPS) is 15.3. The zero-order valence-corrected chi connectivity index (χ0v) is 27.8. The molecule has 0 aromatic heterocycles. The van der Waals surface area contributed by atoms with E-state index in [1.807, 2.05) is 0 Å². The number of amides is 3. The van der Waals surface area contributed by atoms with Crippen LogP contribution in [0.5, 0.6) is 11.5 Å². The number of hydrogen-bond donors (Lipinski definition) is 1. The Balaban J connectivity index is 1.40. The SMILES string of the molecule is CON(Oc1ccccc1)C(=O)c1ccc(S(=O)(=O)N2C(=O)C(C(=O)NOc3ccccc3)(c3ccccc3Cl)c3cc(Cl)ccc32)cc1. The number of nitrogens with zero attached hydrogens (tertiary/aromatic N) is 2. The quantitative estimate of drug-likeness (QED) is 0.135. The van der Waals surface area contributed by atoms with Crippen LogP contribution in [0.4, 0.5) is 5.69 Å². The molecule has 1 atom stereocenters. The number of hydrogen-bond acceptors (Lipinski definition) is 8. The Bertz CT molecular complexity index is 2150. The minimum atomic E-state index is -4.73. The van der Waals surface area contributed by atoms with Gasteiger partial charge in [-0.3, -0.25) is 14.4 Å². The van der Waals surface area contributed by atoms with E-state index in [9.17, 15) is 22.8 Å². The van der Waals surface area contributed by atoms with Crippen LogP contribution in [0.1, 0.15) is 21.5 Å². The molecule has 11 nitrogen and oxygen atoms in total. The minimum Gasteiger partial charge on any atom is -0.379 e. The maximum absolute atomic E-state index is 14.7. The Kier molecular flexibility index (Phi) is 9.30. The third-order valence-corrected chi connectivity index (χ3v) is 9.89. The first-order valence-electron chi connectivity index (χ1n) is 14.5. The average molecular weight is 719 g/mol. The molecule has 1 unspecified atom stereocenters. The molecule has 3 amide bonds. The molecule has 5 aromatic carbocycles. The fourth-order valence-corrected chi connectivity index (χ4v) is 7.27. The average Bonchev–Trinajstić information content (AvgIpc) is 3.38. The van der Waals surface area contributed by atoms with Crippen LogP contribution >= 0.6 is 23.2 Å². The summed E-state index contributed by atoms with van der Waals surface area (Å²) in [4.78, 5) is 57.9. The molecule has 49 heavy (non-hydrogen) atoms. The van der Waals surface area contributed by atoms with Crippen molar-refractivity contribution in [1.82, 2.24) is 10.7 Å². The summed E-state index contributed by atoms with van der Waals surface area (Å²) in [5.41, 5.74) is -0.211. The van der Waals surface area contributed by atoms with Crippen molar-refractivity contribution in [2.75, 3.05) is 11.4 Å². The molecule has 0 radical (unpaired) electrons. The Hall–Kier alpha value is -5.40. The molecule has 1 N–H and O–H groups in total. The maximum atomic E-state index is 14.7. The van der Waals surface area contributed by atoms with Gasteiger partial charge >= 0.3 is 5.91 Å². The summed E-state index contributed by atoms with van der Waals surface area (Å²) in [5.74, 6) is -2.34. The molecule has 0 bridgehead atoms. The largest absolute Gasteiger partial charge is 0.379 e. The molecule has 14 heteroatoms. The number of fused-ring (bicyclic) bond motifs is 1. The minimum absolute atomic E-state index is 0.00365. The maximum Gasteiger partial charge on any atom is 0.315 e. The zero-order valence-electron chi connectivity index (χ0n) is 25.4. The predicted octanol–water partition coefficient (Wildman–Crippen LogP) is 6.12. The van der Waals surface area contributed by atoms with Crippen molar-refractivity contribution in [2.45, 2.75) is 10.3 Å². The predicted molar refractivity (Wildman–Crippen MR) is 180 cm³/mol. The van der Waals surface area contributed by atoms with Crippen molar-refractivity contribution >= 4 is 56.6 Å². The summed E-state index contributed by atoms with van der Waals surface area (Å²) in [6.07, 6.45) is 0. The fourth-order valence-electron chi connectivity index (χ4n) is 5.36. The van der Waals surface area contributed by atoms with Crippen LogP contribution in [-0.2, 0) is 29.9 Å². The van der Waals surface area contributed by atoms with E-state index in [0.717, 1.165) is 12.1 Å². The van der Waals surface area contributed by atoms with Crippen LogP contribution in [0.3, 0.4) is 0 Å². The van der Waals surface area contributed by atoms with Crippen LogP contribution in [0, 0.1) is 0 Å². The third-order valence-electron chi connectivity index (χ3n) is 7.61. The highest BCUT2D eigenvalue weighted by Crippen LogP contribution is 2.51. The standard InChI is InChI=1S/C35H25Cl2N3O8S/c1-46-40(48-26-12-6-3-7-13-26)32(41)23-16-19-27(20-17-23)49(44,45)39-31-21-18-24(36)22-29(31)35(34(39)43,28-14-8-9-15-30(28)37)33(42)38-47-25-10-4-2-5-11-25/h2-22H,1H3,(H,38,42). The highest BCUT2D eigenvalue weighted by atomic mass is 35.5. The Morgan fingerprint density at radius 1 is 0.776 bits per heavy atom. The molecular weight excluding hydrogens is 693 g/mol. The molecule has 0 aliphatic carbocycles. The summed E-state index contributed by atoms with van der Waals surface area (Å²) in [6, 6.07) is 31.6. The number of para-hydroxylation sites is 2. The van der Waals surface area contributed by atoms with Gasteiger partial charge in [0.1, 0.15) is 0 Å². The number of rotatable bonds is 10. The number of benzene rings is 5. The summed E-state index contributed by atoms with van der Waals surface area (Å²) in [6.45, 7) is 0. The Morgan fingerprint density at radius 2 is 1.39 bits per heavy atom. The molecule has 0 saturated carbocycles. The lowest BCUT2D eigenvalue weighted by Gasteiger charge is -2.28. The third kappa shape index (κ3) is 6.07. The van der Waals surface area contributed by atoms with Crippen LogP contribution in [-0.4, -0.2) is 38.5 Å². The van der Waals surface area contributed by atoms with E-state index in [2.05, 4.69) is 5.48 Å². The molecule has 0 fully saturated rings. The molecule has 1 aliphatic rings. The molecule has 0 saturated heterocycles. The van der Waals surface area contributed by atoms with Crippen molar-refractivity contribution in [3.05, 3.63) is 154 Å². The van der Waals surface area contributed by atoms with Gasteiger partial charge in [-0.2, -0.15) is 5.48 Å². The van der Waals surface area contributed by atoms with E-state index in [-0.39, 0.29) is 43.1 Å². The lowest BCUT2D eigenvalue weighted by molar-refractivity contribution is -0.257. The van der Waals surface area contributed by atoms with E-state index in [1.165, 1.54) is 49.6 Å². The van der Waals surface area contributed by atoms with Gasteiger partial charge in [-0.05, 0) is 78.0 Å². The fraction of sp³-hybridized carbons (Fsp3) is 0.0571. The number of carbonyl (C=O) groups is 3. The molecule has 1 heterocycles.